The molecular formula is C22H21ClF3N5O2. The van der Waals surface area contributed by atoms with Gasteiger partial charge in [-0.25, -0.2) is 0 Å². The van der Waals surface area contributed by atoms with Gasteiger partial charge >= 0.3 is 12.1 Å². The van der Waals surface area contributed by atoms with Crippen molar-refractivity contribution in [2.45, 2.75) is 50.9 Å². The highest BCUT2D eigenvalue weighted by Gasteiger charge is 2.56. The normalized spacial score (nSPS) is 21.7. The first-order chi connectivity index (χ1) is 15.6. The lowest BCUT2D eigenvalue weighted by Gasteiger charge is -2.58. The van der Waals surface area contributed by atoms with E-state index in [1.807, 2.05) is 4.90 Å². The topological polar surface area (TPSA) is 71.3 Å². The minimum absolute atomic E-state index is 0.0952. The summed E-state index contributed by atoms with van der Waals surface area (Å²) in [5.74, 6) is -0.352. The molecule has 1 aromatic carbocycles. The monoisotopic (exact) mass is 479 g/mol. The molecular weight excluding hydrogens is 459 g/mol. The minimum Gasteiger partial charge on any atom is -0.341 e. The standard InChI is InChI=1S/C22H21ClF3N5O2/c23-15-3-4-16-13(5-15)8-29(20(33)22(24,25)26)9-17-27-28-18(31(16)17)14-6-21(7-14)10-30(11-21)19(32)12-1-2-12/h3-5,12,14H,1-2,6-11H2. The summed E-state index contributed by atoms with van der Waals surface area (Å²) in [5, 5.41) is 8.89. The van der Waals surface area contributed by atoms with Crippen LogP contribution in [-0.2, 0) is 22.7 Å². The number of rotatable bonds is 2. The van der Waals surface area contributed by atoms with Crippen molar-refractivity contribution in [2.75, 3.05) is 13.1 Å². The van der Waals surface area contributed by atoms with Gasteiger partial charge in [0.1, 0.15) is 5.82 Å². The van der Waals surface area contributed by atoms with Crippen LogP contribution in [0.5, 0.6) is 0 Å². The van der Waals surface area contributed by atoms with E-state index in [1.165, 1.54) is 0 Å². The Hall–Kier alpha value is -2.62. The summed E-state index contributed by atoms with van der Waals surface area (Å²) in [6.45, 7) is 1.02. The molecule has 33 heavy (non-hydrogen) atoms. The van der Waals surface area contributed by atoms with E-state index in [9.17, 15) is 22.8 Å². The molecule has 3 heterocycles. The zero-order chi connectivity index (χ0) is 23.1. The summed E-state index contributed by atoms with van der Waals surface area (Å²) < 4.78 is 41.3. The molecule has 2 aromatic rings. The largest absolute Gasteiger partial charge is 0.471 e. The molecule has 0 bridgehead atoms. The molecule has 2 amide bonds. The van der Waals surface area contributed by atoms with Crippen LogP contribution in [0.25, 0.3) is 5.69 Å². The van der Waals surface area contributed by atoms with E-state index in [1.54, 1.807) is 22.8 Å². The zero-order valence-electron chi connectivity index (χ0n) is 17.6. The van der Waals surface area contributed by atoms with E-state index >= 15 is 0 Å². The zero-order valence-corrected chi connectivity index (χ0v) is 18.4. The van der Waals surface area contributed by atoms with Crippen molar-refractivity contribution in [3.05, 3.63) is 40.4 Å². The molecule has 1 saturated heterocycles. The number of hydrogen-bond acceptors (Lipinski definition) is 4. The maximum absolute atomic E-state index is 13.2. The van der Waals surface area contributed by atoms with Gasteiger partial charge in [-0.3, -0.25) is 14.2 Å². The number of fused-ring (bicyclic) bond motifs is 3. The van der Waals surface area contributed by atoms with Crippen LogP contribution >= 0.6 is 11.6 Å². The molecule has 11 heteroatoms. The lowest BCUT2D eigenvalue weighted by Crippen LogP contribution is -2.63. The number of amides is 2. The number of nitrogens with zero attached hydrogens (tertiary/aromatic N) is 5. The molecule has 0 unspecified atom stereocenters. The first-order valence-electron chi connectivity index (χ1n) is 11.0. The number of alkyl halides is 3. The second-order valence-electron chi connectivity index (χ2n) is 9.82. The Balaban J connectivity index is 1.27. The highest BCUT2D eigenvalue weighted by molar-refractivity contribution is 6.30. The van der Waals surface area contributed by atoms with Crippen molar-refractivity contribution in [1.82, 2.24) is 24.6 Å². The van der Waals surface area contributed by atoms with Crippen molar-refractivity contribution in [3.8, 4) is 5.69 Å². The minimum atomic E-state index is -4.98. The molecule has 1 aromatic heterocycles. The Morgan fingerprint density at radius 3 is 2.45 bits per heavy atom. The van der Waals surface area contributed by atoms with Gasteiger partial charge in [-0.15, -0.1) is 10.2 Å². The average Bonchev–Trinajstić information content (AvgIpc) is 3.48. The van der Waals surface area contributed by atoms with Crippen LogP contribution < -0.4 is 0 Å². The predicted octanol–water partition coefficient (Wildman–Crippen LogP) is 3.44. The van der Waals surface area contributed by atoms with Crippen molar-refractivity contribution in [1.29, 1.82) is 0 Å². The van der Waals surface area contributed by atoms with Gasteiger partial charge in [0.2, 0.25) is 5.91 Å². The molecule has 2 aliphatic heterocycles. The van der Waals surface area contributed by atoms with Crippen molar-refractivity contribution in [2.24, 2.45) is 11.3 Å². The van der Waals surface area contributed by atoms with Gasteiger partial charge < -0.3 is 9.80 Å². The quantitative estimate of drug-likeness (QED) is 0.661. The first-order valence-corrected chi connectivity index (χ1v) is 11.4. The van der Waals surface area contributed by atoms with E-state index in [-0.39, 0.29) is 36.2 Å². The van der Waals surface area contributed by atoms with Crippen LogP contribution in [0.15, 0.2) is 18.2 Å². The number of aromatic nitrogens is 3. The van der Waals surface area contributed by atoms with Crippen LogP contribution in [-0.4, -0.2) is 55.6 Å². The molecule has 1 spiro atoms. The van der Waals surface area contributed by atoms with Crippen molar-refractivity contribution in [3.63, 3.8) is 0 Å². The molecule has 7 nitrogen and oxygen atoms in total. The van der Waals surface area contributed by atoms with Crippen LogP contribution in [0.3, 0.4) is 0 Å². The van der Waals surface area contributed by atoms with Gasteiger partial charge in [0, 0.05) is 41.9 Å². The van der Waals surface area contributed by atoms with E-state index in [2.05, 4.69) is 10.2 Å². The molecule has 0 N–H and O–H groups in total. The van der Waals surface area contributed by atoms with Gasteiger partial charge in [-0.1, -0.05) is 11.6 Å². The summed E-state index contributed by atoms with van der Waals surface area (Å²) in [6, 6.07) is 5.00. The Kier molecular flexibility index (Phi) is 4.41. The summed E-state index contributed by atoms with van der Waals surface area (Å²) >= 11 is 6.12. The van der Waals surface area contributed by atoms with Gasteiger partial charge in [0.05, 0.1) is 12.2 Å². The fourth-order valence-electron chi connectivity index (χ4n) is 5.55. The second kappa shape index (κ2) is 6.94. The lowest BCUT2D eigenvalue weighted by atomic mass is 9.57. The molecule has 4 aliphatic rings. The van der Waals surface area contributed by atoms with Crippen LogP contribution in [0.2, 0.25) is 5.02 Å². The number of hydrogen-bond donors (Lipinski definition) is 0. The van der Waals surface area contributed by atoms with Crippen LogP contribution in [0.4, 0.5) is 13.2 Å². The van der Waals surface area contributed by atoms with Crippen LogP contribution in [0, 0.1) is 11.3 Å². The van der Waals surface area contributed by atoms with Gasteiger partial charge in [-0.05, 0) is 49.4 Å². The van der Waals surface area contributed by atoms with Gasteiger partial charge in [0.15, 0.2) is 5.82 Å². The lowest BCUT2D eigenvalue weighted by molar-refractivity contribution is -0.186. The average molecular weight is 480 g/mol. The Morgan fingerprint density at radius 1 is 1.06 bits per heavy atom. The maximum atomic E-state index is 13.2. The summed E-state index contributed by atoms with van der Waals surface area (Å²) in [6.07, 6.45) is -1.28. The summed E-state index contributed by atoms with van der Waals surface area (Å²) in [5.41, 5.74) is 1.26. The fourth-order valence-corrected chi connectivity index (χ4v) is 5.74. The van der Waals surface area contributed by atoms with Gasteiger partial charge in [0.25, 0.3) is 0 Å². The molecule has 0 radical (unpaired) electrons. The highest BCUT2D eigenvalue weighted by atomic mass is 35.5. The molecule has 6 rings (SSSR count). The number of carbonyl (C=O) groups excluding carboxylic acids is 2. The fraction of sp³-hybridized carbons (Fsp3) is 0.545. The van der Waals surface area contributed by atoms with E-state index in [4.69, 9.17) is 11.6 Å². The predicted molar refractivity (Wildman–Crippen MR) is 110 cm³/mol. The summed E-state index contributed by atoms with van der Waals surface area (Å²) in [7, 11) is 0. The molecule has 0 atom stereocenters. The van der Waals surface area contributed by atoms with E-state index in [0.717, 1.165) is 43.7 Å². The van der Waals surface area contributed by atoms with E-state index < -0.39 is 12.1 Å². The first kappa shape index (κ1) is 20.9. The number of likely N-dealkylation sites (tertiary alicyclic amines) is 1. The third-order valence-corrected chi connectivity index (χ3v) is 7.51. The third kappa shape index (κ3) is 3.41. The Bertz CT molecular complexity index is 1160. The number of benzene rings is 1. The summed E-state index contributed by atoms with van der Waals surface area (Å²) in [4.78, 5) is 27.0. The van der Waals surface area contributed by atoms with E-state index in [0.29, 0.717) is 27.9 Å². The number of halogens is 4. The molecule has 2 saturated carbocycles. The highest BCUT2D eigenvalue weighted by Crippen LogP contribution is 2.56. The Labute approximate surface area is 192 Å². The molecule has 174 valence electrons. The van der Waals surface area contributed by atoms with Crippen molar-refractivity contribution >= 4 is 23.4 Å². The number of carbonyl (C=O) groups is 2. The van der Waals surface area contributed by atoms with Crippen molar-refractivity contribution < 1.29 is 22.8 Å². The molecule has 3 fully saturated rings. The second-order valence-corrected chi connectivity index (χ2v) is 10.3. The molecule has 2 aliphatic carbocycles. The SMILES string of the molecule is O=C(C1CC1)N1CC2(CC(c3nnc4n3-c3ccc(Cl)cc3CN(C(=O)C(F)(F)F)C4)C2)C1. The maximum Gasteiger partial charge on any atom is 0.471 e. The van der Waals surface area contributed by atoms with Crippen LogP contribution in [0.1, 0.15) is 48.8 Å². The smallest absolute Gasteiger partial charge is 0.341 e. The Morgan fingerprint density at radius 2 is 1.79 bits per heavy atom. The third-order valence-electron chi connectivity index (χ3n) is 7.28. The van der Waals surface area contributed by atoms with Gasteiger partial charge in [-0.2, -0.15) is 13.2 Å².